The molecule has 0 spiro atoms. The van der Waals surface area contributed by atoms with E-state index < -0.39 is 12.6 Å². The van der Waals surface area contributed by atoms with E-state index in [-0.39, 0.29) is 12.1 Å². The first-order valence-electron chi connectivity index (χ1n) is 2.48. The molecular formula is C5H8FNO2. The molecule has 0 unspecified atom stereocenters. The number of quaternary nitrogens is 1. The van der Waals surface area contributed by atoms with E-state index in [1.165, 1.54) is 6.08 Å². The molecule has 3 N–H and O–H groups in total. The van der Waals surface area contributed by atoms with Crippen molar-refractivity contribution < 1.29 is 20.0 Å². The van der Waals surface area contributed by atoms with Crippen LogP contribution in [0.2, 0.25) is 0 Å². The zero-order chi connectivity index (χ0) is 7.28. The van der Waals surface area contributed by atoms with E-state index in [0.717, 1.165) is 0 Å². The SMILES string of the molecule is [NH3+]C/C=C(\CF)C(=O)[O-]. The lowest BCUT2D eigenvalue weighted by Crippen LogP contribution is -2.49. The molecule has 0 fully saturated rings. The predicted molar refractivity (Wildman–Crippen MR) is 26.8 cm³/mol. The van der Waals surface area contributed by atoms with Crippen LogP contribution >= 0.6 is 0 Å². The maximum absolute atomic E-state index is 11.6. The van der Waals surface area contributed by atoms with Crippen molar-refractivity contribution in [3.8, 4) is 0 Å². The third kappa shape index (κ3) is 2.81. The number of hydrogen-bond acceptors (Lipinski definition) is 2. The van der Waals surface area contributed by atoms with Crippen LogP contribution in [0.15, 0.2) is 11.6 Å². The fourth-order valence-corrected chi connectivity index (χ4v) is 0.367. The summed E-state index contributed by atoms with van der Waals surface area (Å²) in [5.41, 5.74) is 2.99. The summed E-state index contributed by atoms with van der Waals surface area (Å²) in [5, 5.41) is 9.87. The molecule has 0 aliphatic heterocycles. The third-order valence-electron chi connectivity index (χ3n) is 0.797. The van der Waals surface area contributed by atoms with Crippen LogP contribution in [0.4, 0.5) is 4.39 Å². The Bertz CT molecular complexity index is 133. The van der Waals surface area contributed by atoms with E-state index >= 15 is 0 Å². The van der Waals surface area contributed by atoms with E-state index in [9.17, 15) is 14.3 Å². The maximum atomic E-state index is 11.6. The minimum atomic E-state index is -1.46. The summed E-state index contributed by atoms with van der Waals surface area (Å²) in [6.07, 6.45) is 1.19. The van der Waals surface area contributed by atoms with Gasteiger partial charge in [0, 0.05) is 5.57 Å². The van der Waals surface area contributed by atoms with Gasteiger partial charge in [0.2, 0.25) is 0 Å². The standard InChI is InChI=1S/C5H8FNO2/c6-3-4(1-2-7)5(8)9/h1H,2-3,7H2,(H,8,9)/b4-1+. The lowest BCUT2D eigenvalue weighted by atomic mass is 10.3. The van der Waals surface area contributed by atoms with Gasteiger partial charge in [-0.3, -0.25) is 0 Å². The quantitative estimate of drug-likeness (QED) is 0.447. The average Bonchev–Trinajstić information content (AvgIpc) is 1.82. The first-order chi connectivity index (χ1) is 4.22. The molecule has 0 aromatic rings. The van der Waals surface area contributed by atoms with Gasteiger partial charge in [0.05, 0.1) is 12.5 Å². The molecule has 0 heterocycles. The number of alkyl halides is 1. The van der Waals surface area contributed by atoms with Gasteiger partial charge in [0.25, 0.3) is 0 Å². The summed E-state index contributed by atoms with van der Waals surface area (Å²) in [6.45, 7) is -0.717. The molecule has 0 aliphatic rings. The number of aliphatic carboxylic acids is 1. The maximum Gasteiger partial charge on any atom is 0.116 e. The second kappa shape index (κ2) is 4.03. The van der Waals surface area contributed by atoms with Gasteiger partial charge in [-0.05, 0) is 6.08 Å². The number of hydrogen-bond donors (Lipinski definition) is 1. The van der Waals surface area contributed by atoms with Crippen LogP contribution in [0, 0.1) is 0 Å². The summed E-state index contributed by atoms with van der Waals surface area (Å²) in [5.74, 6) is -1.46. The van der Waals surface area contributed by atoms with E-state index in [0.29, 0.717) is 0 Å². The summed E-state index contributed by atoms with van der Waals surface area (Å²) in [4.78, 5) is 9.87. The zero-order valence-corrected chi connectivity index (χ0v) is 4.89. The molecule has 0 radical (unpaired) electrons. The van der Waals surface area contributed by atoms with E-state index in [1.54, 1.807) is 0 Å². The van der Waals surface area contributed by atoms with Gasteiger partial charge in [-0.25, -0.2) is 4.39 Å². The summed E-state index contributed by atoms with van der Waals surface area (Å²) in [6, 6.07) is 0. The highest BCUT2D eigenvalue weighted by atomic mass is 19.1. The van der Waals surface area contributed by atoms with Crippen molar-refractivity contribution in [1.82, 2.24) is 0 Å². The van der Waals surface area contributed by atoms with Gasteiger partial charge in [0.15, 0.2) is 0 Å². The van der Waals surface area contributed by atoms with Crippen molar-refractivity contribution >= 4 is 5.97 Å². The number of rotatable bonds is 3. The molecule has 0 aliphatic carbocycles. The Hall–Kier alpha value is -0.900. The smallest absolute Gasteiger partial charge is 0.116 e. The molecule has 9 heavy (non-hydrogen) atoms. The summed E-state index contributed by atoms with van der Waals surface area (Å²) in [7, 11) is 0. The molecule has 0 atom stereocenters. The number of carboxylic acid groups (broad SMARTS) is 1. The van der Waals surface area contributed by atoms with Crippen LogP contribution in [-0.2, 0) is 4.79 Å². The van der Waals surface area contributed by atoms with Crippen LogP contribution in [0.5, 0.6) is 0 Å². The lowest BCUT2D eigenvalue weighted by Gasteiger charge is -1.99. The molecule has 0 saturated heterocycles. The van der Waals surface area contributed by atoms with Crippen LogP contribution in [0.3, 0.4) is 0 Å². The van der Waals surface area contributed by atoms with Gasteiger partial charge < -0.3 is 15.6 Å². The summed E-state index contributed by atoms with van der Waals surface area (Å²) < 4.78 is 11.6. The highest BCUT2D eigenvalue weighted by molar-refractivity contribution is 5.84. The topological polar surface area (TPSA) is 67.8 Å². The monoisotopic (exact) mass is 133 g/mol. The number of halogens is 1. The third-order valence-corrected chi connectivity index (χ3v) is 0.797. The highest BCUT2D eigenvalue weighted by Crippen LogP contribution is 1.90. The second-order valence-corrected chi connectivity index (χ2v) is 1.44. The molecular weight excluding hydrogens is 125 g/mol. The fraction of sp³-hybridized carbons (Fsp3) is 0.400. The van der Waals surface area contributed by atoms with Crippen molar-refractivity contribution in [1.29, 1.82) is 0 Å². The molecule has 0 bridgehead atoms. The number of carbonyl (C=O) groups is 1. The Balaban J connectivity index is 3.98. The summed E-state index contributed by atoms with van der Waals surface area (Å²) >= 11 is 0. The Kier molecular flexibility index (Phi) is 3.62. The molecule has 0 aromatic heterocycles. The molecule has 3 nitrogen and oxygen atoms in total. The number of carbonyl (C=O) groups excluding carboxylic acids is 1. The van der Waals surface area contributed by atoms with Gasteiger partial charge in [0.1, 0.15) is 6.67 Å². The van der Waals surface area contributed by atoms with Gasteiger partial charge in [-0.2, -0.15) is 0 Å². The van der Waals surface area contributed by atoms with Crippen molar-refractivity contribution in [2.45, 2.75) is 0 Å². The minimum Gasteiger partial charge on any atom is -0.545 e. The first-order valence-corrected chi connectivity index (χ1v) is 2.48. The Morgan fingerprint density at radius 3 is 2.44 bits per heavy atom. The van der Waals surface area contributed by atoms with Crippen LogP contribution in [0.1, 0.15) is 0 Å². The second-order valence-electron chi connectivity index (χ2n) is 1.44. The van der Waals surface area contributed by atoms with Gasteiger partial charge in [-0.1, -0.05) is 0 Å². The van der Waals surface area contributed by atoms with Gasteiger partial charge in [-0.15, -0.1) is 0 Å². The van der Waals surface area contributed by atoms with E-state index in [2.05, 4.69) is 5.73 Å². The molecule has 0 rings (SSSR count). The Morgan fingerprint density at radius 2 is 2.33 bits per heavy atom. The molecule has 52 valence electrons. The van der Waals surface area contributed by atoms with Crippen LogP contribution in [0.25, 0.3) is 0 Å². The average molecular weight is 133 g/mol. The zero-order valence-electron chi connectivity index (χ0n) is 4.89. The van der Waals surface area contributed by atoms with Crippen LogP contribution in [-0.4, -0.2) is 19.2 Å². The lowest BCUT2D eigenvalue weighted by molar-refractivity contribution is -0.353. The van der Waals surface area contributed by atoms with Crippen molar-refractivity contribution in [2.24, 2.45) is 0 Å². The van der Waals surface area contributed by atoms with Gasteiger partial charge >= 0.3 is 0 Å². The van der Waals surface area contributed by atoms with E-state index in [4.69, 9.17) is 0 Å². The largest absolute Gasteiger partial charge is 0.545 e. The van der Waals surface area contributed by atoms with Crippen LogP contribution < -0.4 is 10.8 Å². The molecule has 0 aromatic carbocycles. The molecule has 0 amide bonds. The van der Waals surface area contributed by atoms with Crippen molar-refractivity contribution in [2.75, 3.05) is 13.2 Å². The Labute approximate surface area is 52.0 Å². The van der Waals surface area contributed by atoms with E-state index in [1.807, 2.05) is 0 Å². The normalized spacial score (nSPS) is 11.6. The minimum absolute atomic E-state index is 0.271. The Morgan fingerprint density at radius 1 is 1.78 bits per heavy atom. The predicted octanol–water partition coefficient (Wildman–Crippen LogP) is -2.13. The first kappa shape index (κ1) is 8.10. The highest BCUT2D eigenvalue weighted by Gasteiger charge is 1.94. The molecule has 4 heteroatoms. The van der Waals surface area contributed by atoms with Crippen molar-refractivity contribution in [3.63, 3.8) is 0 Å². The van der Waals surface area contributed by atoms with Crippen molar-refractivity contribution in [3.05, 3.63) is 11.6 Å². The molecule has 0 saturated carbocycles. The number of carboxylic acids is 1. The fourth-order valence-electron chi connectivity index (χ4n) is 0.367.